The summed E-state index contributed by atoms with van der Waals surface area (Å²) in [4.78, 5) is 25.3. The van der Waals surface area contributed by atoms with Crippen molar-refractivity contribution in [2.75, 3.05) is 12.0 Å². The number of non-ortho nitro benzene ring substituents is 1. The number of nitro benzene ring substituents is 1. The van der Waals surface area contributed by atoms with Gasteiger partial charge < -0.3 is 9.15 Å². The van der Waals surface area contributed by atoms with Crippen LogP contribution in [-0.2, 0) is 4.79 Å². The molecule has 4 rings (SSSR count). The predicted molar refractivity (Wildman–Crippen MR) is 124 cm³/mol. The number of anilines is 1. The number of amides is 1. The molecule has 156 valence electrons. The van der Waals surface area contributed by atoms with Crippen molar-refractivity contribution in [2.24, 2.45) is 0 Å². The van der Waals surface area contributed by atoms with Crippen molar-refractivity contribution >= 4 is 51.7 Å². The number of methoxy groups -OCH3 is 1. The standard InChI is InChI=1S/C22H16N2O5S2/c1-13-11-15(24(26)27)5-9-18(13)19-10-8-17(29-19)12-20-21(25)23(22(30)31-20)14-3-6-16(28-2)7-4-14/h3-12H,1-2H3/b20-12+. The molecule has 1 aliphatic rings. The topological polar surface area (TPSA) is 85.8 Å². The summed E-state index contributed by atoms with van der Waals surface area (Å²) in [6.45, 7) is 1.78. The quantitative estimate of drug-likeness (QED) is 0.216. The zero-order chi connectivity index (χ0) is 22.1. The molecule has 1 saturated heterocycles. The molecule has 0 spiro atoms. The summed E-state index contributed by atoms with van der Waals surface area (Å²) in [5, 5.41) is 10.9. The second-order valence-corrected chi connectivity index (χ2v) is 8.35. The van der Waals surface area contributed by atoms with Gasteiger partial charge in [-0.3, -0.25) is 19.8 Å². The largest absolute Gasteiger partial charge is 0.497 e. The normalized spacial score (nSPS) is 15.0. The summed E-state index contributed by atoms with van der Waals surface area (Å²) in [7, 11) is 1.58. The molecule has 9 heteroatoms. The van der Waals surface area contributed by atoms with E-state index in [9.17, 15) is 14.9 Å². The number of ether oxygens (including phenoxy) is 1. The van der Waals surface area contributed by atoms with Gasteiger partial charge in [0.15, 0.2) is 4.32 Å². The third kappa shape index (κ3) is 4.10. The van der Waals surface area contributed by atoms with Gasteiger partial charge in [-0.15, -0.1) is 0 Å². The van der Waals surface area contributed by atoms with Crippen LogP contribution in [0.1, 0.15) is 11.3 Å². The van der Waals surface area contributed by atoms with Crippen LogP contribution in [0.3, 0.4) is 0 Å². The Labute approximate surface area is 187 Å². The summed E-state index contributed by atoms with van der Waals surface area (Å²) in [5.41, 5.74) is 2.15. The number of aryl methyl sites for hydroxylation is 1. The highest BCUT2D eigenvalue weighted by molar-refractivity contribution is 8.27. The fourth-order valence-electron chi connectivity index (χ4n) is 3.16. The molecular weight excluding hydrogens is 436 g/mol. The highest BCUT2D eigenvalue weighted by atomic mass is 32.2. The first-order chi connectivity index (χ1) is 14.9. The Morgan fingerprint density at radius 3 is 2.55 bits per heavy atom. The number of nitrogens with zero attached hydrogens (tertiary/aromatic N) is 2. The fraction of sp³-hybridized carbons (Fsp3) is 0.0909. The van der Waals surface area contributed by atoms with Crippen LogP contribution in [0, 0.1) is 17.0 Å². The zero-order valence-electron chi connectivity index (χ0n) is 16.5. The SMILES string of the molecule is COc1ccc(N2C(=O)/C(=C\c3ccc(-c4ccc([N+](=O)[O-])cc4C)o3)SC2=S)cc1. The fourth-order valence-corrected chi connectivity index (χ4v) is 4.44. The molecule has 1 aromatic heterocycles. The monoisotopic (exact) mass is 452 g/mol. The lowest BCUT2D eigenvalue weighted by atomic mass is 10.1. The summed E-state index contributed by atoms with van der Waals surface area (Å²) >= 11 is 6.59. The Balaban J connectivity index is 1.58. The number of hydrogen-bond acceptors (Lipinski definition) is 7. The summed E-state index contributed by atoms with van der Waals surface area (Å²) in [5.74, 6) is 1.51. The second-order valence-electron chi connectivity index (χ2n) is 6.67. The maximum absolute atomic E-state index is 12.9. The molecule has 2 heterocycles. The maximum Gasteiger partial charge on any atom is 0.270 e. The molecule has 1 aliphatic heterocycles. The molecule has 0 N–H and O–H groups in total. The van der Waals surface area contributed by atoms with Crippen LogP contribution in [0.5, 0.6) is 5.75 Å². The second kappa shape index (κ2) is 8.37. The first kappa shape index (κ1) is 20.8. The third-order valence-electron chi connectivity index (χ3n) is 4.71. The van der Waals surface area contributed by atoms with Crippen LogP contribution in [-0.4, -0.2) is 22.3 Å². The van der Waals surface area contributed by atoms with Crippen LogP contribution in [0.4, 0.5) is 11.4 Å². The van der Waals surface area contributed by atoms with E-state index < -0.39 is 4.92 Å². The first-order valence-electron chi connectivity index (χ1n) is 9.14. The van der Waals surface area contributed by atoms with E-state index in [2.05, 4.69) is 0 Å². The van der Waals surface area contributed by atoms with E-state index in [-0.39, 0.29) is 11.6 Å². The Morgan fingerprint density at radius 2 is 1.90 bits per heavy atom. The number of benzene rings is 2. The molecule has 0 unspecified atom stereocenters. The van der Waals surface area contributed by atoms with Gasteiger partial charge in [-0.05, 0) is 55.0 Å². The van der Waals surface area contributed by atoms with Crippen LogP contribution in [0.15, 0.2) is 63.9 Å². The highest BCUT2D eigenvalue weighted by Gasteiger charge is 2.33. The van der Waals surface area contributed by atoms with Gasteiger partial charge in [-0.2, -0.15) is 0 Å². The minimum absolute atomic E-state index is 0.0234. The van der Waals surface area contributed by atoms with Gasteiger partial charge in [0.1, 0.15) is 17.3 Å². The van der Waals surface area contributed by atoms with E-state index in [1.165, 1.54) is 28.8 Å². The smallest absolute Gasteiger partial charge is 0.270 e. The van der Waals surface area contributed by atoms with E-state index in [1.807, 2.05) is 0 Å². The van der Waals surface area contributed by atoms with E-state index in [0.717, 1.165) is 11.1 Å². The molecule has 7 nitrogen and oxygen atoms in total. The molecule has 0 bridgehead atoms. The number of rotatable bonds is 5. The number of thiocarbonyl (C=S) groups is 1. The van der Waals surface area contributed by atoms with Crippen molar-refractivity contribution in [3.63, 3.8) is 0 Å². The van der Waals surface area contributed by atoms with E-state index in [0.29, 0.717) is 32.2 Å². The molecule has 1 amide bonds. The summed E-state index contributed by atoms with van der Waals surface area (Å²) < 4.78 is 11.5. The molecule has 2 aromatic carbocycles. The lowest BCUT2D eigenvalue weighted by molar-refractivity contribution is -0.384. The predicted octanol–water partition coefficient (Wildman–Crippen LogP) is 5.58. The van der Waals surface area contributed by atoms with Gasteiger partial charge in [0.05, 0.1) is 22.6 Å². The first-order valence-corrected chi connectivity index (χ1v) is 10.4. The van der Waals surface area contributed by atoms with E-state index >= 15 is 0 Å². The Morgan fingerprint density at radius 1 is 1.16 bits per heavy atom. The van der Waals surface area contributed by atoms with Gasteiger partial charge in [0.25, 0.3) is 11.6 Å². The van der Waals surface area contributed by atoms with Crippen molar-refractivity contribution in [2.45, 2.75) is 6.92 Å². The minimum Gasteiger partial charge on any atom is -0.497 e. The van der Waals surface area contributed by atoms with Gasteiger partial charge in [0.2, 0.25) is 0 Å². The third-order valence-corrected chi connectivity index (χ3v) is 6.01. The Bertz CT molecular complexity index is 1230. The van der Waals surface area contributed by atoms with Crippen molar-refractivity contribution in [3.8, 4) is 17.1 Å². The molecule has 0 saturated carbocycles. The number of hydrogen-bond donors (Lipinski definition) is 0. The van der Waals surface area contributed by atoms with Crippen molar-refractivity contribution in [1.29, 1.82) is 0 Å². The lowest BCUT2D eigenvalue weighted by Gasteiger charge is -2.14. The van der Waals surface area contributed by atoms with Crippen molar-refractivity contribution < 1.29 is 18.9 Å². The van der Waals surface area contributed by atoms with Crippen LogP contribution in [0.2, 0.25) is 0 Å². The zero-order valence-corrected chi connectivity index (χ0v) is 18.2. The summed E-state index contributed by atoms with van der Waals surface area (Å²) in [6.07, 6.45) is 1.65. The number of furan rings is 1. The van der Waals surface area contributed by atoms with Crippen LogP contribution in [0.25, 0.3) is 17.4 Å². The molecule has 1 fully saturated rings. The molecule has 31 heavy (non-hydrogen) atoms. The molecule has 0 aliphatic carbocycles. The Hall–Kier alpha value is -3.43. The minimum atomic E-state index is -0.435. The van der Waals surface area contributed by atoms with E-state index in [1.54, 1.807) is 62.6 Å². The summed E-state index contributed by atoms with van der Waals surface area (Å²) in [6, 6.07) is 15.2. The molecular formula is C22H16N2O5S2. The van der Waals surface area contributed by atoms with Crippen molar-refractivity contribution in [1.82, 2.24) is 0 Å². The van der Waals surface area contributed by atoms with Gasteiger partial charge in [-0.1, -0.05) is 24.0 Å². The number of nitro groups is 1. The lowest BCUT2D eigenvalue weighted by Crippen LogP contribution is -2.27. The number of carbonyl (C=O) groups excluding carboxylic acids is 1. The van der Waals surface area contributed by atoms with E-state index in [4.69, 9.17) is 21.4 Å². The number of thioether (sulfide) groups is 1. The molecule has 3 aromatic rings. The maximum atomic E-state index is 12.9. The van der Waals surface area contributed by atoms with Crippen molar-refractivity contribution in [3.05, 3.63) is 80.9 Å². The average Bonchev–Trinajstić information content (AvgIpc) is 3.32. The molecule has 0 atom stereocenters. The van der Waals surface area contributed by atoms with Gasteiger partial charge in [-0.25, -0.2) is 0 Å². The molecule has 0 radical (unpaired) electrons. The van der Waals surface area contributed by atoms with Crippen LogP contribution >= 0.6 is 24.0 Å². The van der Waals surface area contributed by atoms with Crippen LogP contribution < -0.4 is 9.64 Å². The average molecular weight is 453 g/mol. The highest BCUT2D eigenvalue weighted by Crippen LogP contribution is 2.37. The van der Waals surface area contributed by atoms with Gasteiger partial charge >= 0.3 is 0 Å². The number of carbonyl (C=O) groups is 1. The Kier molecular flexibility index (Phi) is 5.62. The van der Waals surface area contributed by atoms with Gasteiger partial charge in [0, 0.05) is 23.8 Å².